The molecule has 0 spiro atoms. The van der Waals surface area contributed by atoms with E-state index in [9.17, 15) is 9.50 Å². The summed E-state index contributed by atoms with van der Waals surface area (Å²) in [5.41, 5.74) is 3.63. The zero-order chi connectivity index (χ0) is 13.1. The first-order valence-corrected chi connectivity index (χ1v) is 5.92. The molecule has 1 aromatic heterocycles. The number of aromatic nitrogens is 1. The molecule has 0 aliphatic heterocycles. The predicted molar refractivity (Wildman–Crippen MR) is 68.8 cm³/mol. The molecule has 2 rings (SSSR count). The van der Waals surface area contributed by atoms with Crippen molar-refractivity contribution in [2.75, 3.05) is 0 Å². The van der Waals surface area contributed by atoms with E-state index in [0.717, 1.165) is 16.7 Å². The second kappa shape index (κ2) is 5.27. The summed E-state index contributed by atoms with van der Waals surface area (Å²) in [5, 5.41) is 10.2. The van der Waals surface area contributed by atoms with E-state index in [1.54, 1.807) is 18.3 Å². The molecule has 94 valence electrons. The summed E-state index contributed by atoms with van der Waals surface area (Å²) in [6.07, 6.45) is 1.53. The molecule has 1 N–H and O–H groups in total. The van der Waals surface area contributed by atoms with Crippen molar-refractivity contribution >= 4 is 0 Å². The highest BCUT2D eigenvalue weighted by atomic mass is 19.1. The average molecular weight is 245 g/mol. The van der Waals surface area contributed by atoms with Crippen LogP contribution in [-0.4, -0.2) is 10.1 Å². The van der Waals surface area contributed by atoms with E-state index in [2.05, 4.69) is 4.98 Å². The van der Waals surface area contributed by atoms with Crippen LogP contribution >= 0.6 is 0 Å². The Kier molecular flexibility index (Phi) is 3.72. The highest BCUT2D eigenvalue weighted by molar-refractivity contribution is 5.26. The minimum atomic E-state index is -0.656. The molecule has 0 radical (unpaired) electrons. The Labute approximate surface area is 106 Å². The third kappa shape index (κ3) is 2.93. The van der Waals surface area contributed by atoms with Gasteiger partial charge in [0.1, 0.15) is 11.9 Å². The first-order valence-electron chi connectivity index (χ1n) is 5.92. The molecule has 0 amide bonds. The Hall–Kier alpha value is -1.74. The monoisotopic (exact) mass is 245 g/mol. The van der Waals surface area contributed by atoms with E-state index in [-0.39, 0.29) is 5.82 Å². The summed E-state index contributed by atoms with van der Waals surface area (Å²) in [7, 11) is 0. The van der Waals surface area contributed by atoms with Gasteiger partial charge in [-0.2, -0.15) is 0 Å². The number of hydrogen-bond donors (Lipinski definition) is 1. The minimum absolute atomic E-state index is 0.266. The molecule has 1 unspecified atom stereocenters. The van der Waals surface area contributed by atoms with Gasteiger partial charge >= 0.3 is 0 Å². The van der Waals surface area contributed by atoms with Gasteiger partial charge in [-0.25, -0.2) is 4.39 Å². The fraction of sp³-hybridized carbons (Fsp3) is 0.267. The molecule has 0 bridgehead atoms. The fourth-order valence-electron chi connectivity index (χ4n) is 2.02. The number of nitrogens with zero attached hydrogens (tertiary/aromatic N) is 1. The van der Waals surface area contributed by atoms with Gasteiger partial charge in [0.25, 0.3) is 0 Å². The lowest BCUT2D eigenvalue weighted by Gasteiger charge is -2.13. The van der Waals surface area contributed by atoms with Crippen LogP contribution in [0.5, 0.6) is 0 Å². The number of aliphatic hydroxyl groups is 1. The van der Waals surface area contributed by atoms with Crippen LogP contribution in [-0.2, 0) is 6.42 Å². The van der Waals surface area contributed by atoms with E-state index < -0.39 is 6.10 Å². The largest absolute Gasteiger partial charge is 0.386 e. The van der Waals surface area contributed by atoms with Crippen LogP contribution in [0.15, 0.2) is 36.5 Å². The van der Waals surface area contributed by atoms with Crippen molar-refractivity contribution in [3.05, 3.63) is 64.7 Å². The SMILES string of the molecule is Cc1cnc(C(O)Cc2ccc(F)cc2)c(C)c1. The summed E-state index contributed by atoms with van der Waals surface area (Å²) in [5.74, 6) is -0.266. The van der Waals surface area contributed by atoms with E-state index in [1.165, 1.54) is 12.1 Å². The maximum Gasteiger partial charge on any atom is 0.123 e. The molecule has 2 aromatic rings. The van der Waals surface area contributed by atoms with Crippen molar-refractivity contribution in [1.82, 2.24) is 4.98 Å². The summed E-state index contributed by atoms with van der Waals surface area (Å²) in [6, 6.07) is 8.16. The fourth-order valence-corrected chi connectivity index (χ4v) is 2.02. The third-order valence-corrected chi connectivity index (χ3v) is 2.91. The second-order valence-electron chi connectivity index (χ2n) is 4.56. The maximum absolute atomic E-state index is 12.8. The molecule has 0 fully saturated rings. The summed E-state index contributed by atoms with van der Waals surface area (Å²) in [4.78, 5) is 4.27. The molecule has 0 aliphatic carbocycles. The van der Waals surface area contributed by atoms with Crippen LogP contribution in [0, 0.1) is 19.7 Å². The van der Waals surface area contributed by atoms with Crippen LogP contribution in [0.1, 0.15) is 28.5 Å². The second-order valence-corrected chi connectivity index (χ2v) is 4.56. The van der Waals surface area contributed by atoms with Gasteiger partial charge in [-0.3, -0.25) is 4.98 Å². The van der Waals surface area contributed by atoms with Crippen molar-refractivity contribution in [3.8, 4) is 0 Å². The predicted octanol–water partition coefficient (Wildman–Crippen LogP) is 3.11. The summed E-state index contributed by atoms with van der Waals surface area (Å²) in [6.45, 7) is 3.90. The van der Waals surface area contributed by atoms with Gasteiger partial charge in [0.2, 0.25) is 0 Å². The number of benzene rings is 1. The highest BCUT2D eigenvalue weighted by Crippen LogP contribution is 2.20. The lowest BCUT2D eigenvalue weighted by Crippen LogP contribution is -2.06. The number of pyridine rings is 1. The molecule has 18 heavy (non-hydrogen) atoms. The Balaban J connectivity index is 2.16. The van der Waals surface area contributed by atoms with E-state index in [1.807, 2.05) is 19.9 Å². The molecule has 1 heterocycles. The van der Waals surface area contributed by atoms with Crippen molar-refractivity contribution in [3.63, 3.8) is 0 Å². The van der Waals surface area contributed by atoms with Gasteiger partial charge in [-0.15, -0.1) is 0 Å². The molecular formula is C15H16FNO. The summed E-state index contributed by atoms with van der Waals surface area (Å²) < 4.78 is 12.8. The van der Waals surface area contributed by atoms with Crippen LogP contribution in [0.4, 0.5) is 4.39 Å². The summed E-state index contributed by atoms with van der Waals surface area (Å²) >= 11 is 0. The Bertz CT molecular complexity index is 537. The number of aliphatic hydroxyl groups excluding tert-OH is 1. The van der Waals surface area contributed by atoms with E-state index >= 15 is 0 Å². The normalized spacial score (nSPS) is 12.4. The van der Waals surface area contributed by atoms with Crippen molar-refractivity contribution in [2.24, 2.45) is 0 Å². The maximum atomic E-state index is 12.8. The Morgan fingerprint density at radius 3 is 2.50 bits per heavy atom. The number of halogens is 1. The van der Waals surface area contributed by atoms with E-state index in [0.29, 0.717) is 12.1 Å². The number of hydrogen-bond acceptors (Lipinski definition) is 2. The van der Waals surface area contributed by atoms with Gasteiger partial charge in [-0.05, 0) is 42.7 Å². The van der Waals surface area contributed by atoms with Crippen molar-refractivity contribution < 1.29 is 9.50 Å². The molecule has 0 aliphatic rings. The molecule has 3 heteroatoms. The van der Waals surface area contributed by atoms with E-state index in [4.69, 9.17) is 0 Å². The Morgan fingerprint density at radius 2 is 1.89 bits per heavy atom. The zero-order valence-corrected chi connectivity index (χ0v) is 10.5. The lowest BCUT2D eigenvalue weighted by molar-refractivity contribution is 0.173. The molecule has 0 saturated carbocycles. The van der Waals surface area contributed by atoms with Crippen LogP contribution in [0.2, 0.25) is 0 Å². The van der Waals surface area contributed by atoms with Crippen LogP contribution < -0.4 is 0 Å². The molecule has 1 aromatic carbocycles. The van der Waals surface area contributed by atoms with Crippen LogP contribution in [0.25, 0.3) is 0 Å². The molecular weight excluding hydrogens is 229 g/mol. The van der Waals surface area contributed by atoms with Crippen molar-refractivity contribution in [1.29, 1.82) is 0 Å². The van der Waals surface area contributed by atoms with Crippen molar-refractivity contribution in [2.45, 2.75) is 26.4 Å². The molecule has 1 atom stereocenters. The smallest absolute Gasteiger partial charge is 0.123 e. The van der Waals surface area contributed by atoms with Gasteiger partial charge < -0.3 is 5.11 Å². The van der Waals surface area contributed by atoms with Gasteiger partial charge in [0, 0.05) is 12.6 Å². The highest BCUT2D eigenvalue weighted by Gasteiger charge is 2.12. The average Bonchev–Trinajstić information content (AvgIpc) is 2.32. The standard InChI is InChI=1S/C15H16FNO/c1-10-7-11(2)15(17-9-10)14(18)8-12-3-5-13(16)6-4-12/h3-7,9,14,18H,8H2,1-2H3. The quantitative estimate of drug-likeness (QED) is 0.901. The number of rotatable bonds is 3. The third-order valence-electron chi connectivity index (χ3n) is 2.91. The van der Waals surface area contributed by atoms with Gasteiger partial charge in [0.15, 0.2) is 0 Å². The molecule has 2 nitrogen and oxygen atoms in total. The first kappa shape index (κ1) is 12.7. The Morgan fingerprint density at radius 1 is 1.22 bits per heavy atom. The van der Waals surface area contributed by atoms with Gasteiger partial charge in [-0.1, -0.05) is 18.2 Å². The first-order chi connectivity index (χ1) is 8.56. The number of aryl methyl sites for hydroxylation is 2. The van der Waals surface area contributed by atoms with Crippen LogP contribution in [0.3, 0.4) is 0 Å². The topological polar surface area (TPSA) is 33.1 Å². The lowest BCUT2D eigenvalue weighted by atomic mass is 10.0. The van der Waals surface area contributed by atoms with Gasteiger partial charge in [0.05, 0.1) is 5.69 Å². The minimum Gasteiger partial charge on any atom is -0.386 e. The molecule has 0 saturated heterocycles. The zero-order valence-electron chi connectivity index (χ0n) is 10.5.